The molecule has 0 aliphatic carbocycles. The van der Waals surface area contributed by atoms with Crippen LogP contribution < -0.4 is 5.73 Å². The van der Waals surface area contributed by atoms with Crippen LogP contribution in [0.4, 0.5) is 5.82 Å². The van der Waals surface area contributed by atoms with Gasteiger partial charge in [-0.05, 0) is 29.8 Å². The maximum absolute atomic E-state index is 12.1. The van der Waals surface area contributed by atoms with Crippen LogP contribution in [0, 0.1) is 0 Å². The van der Waals surface area contributed by atoms with Crippen molar-refractivity contribution in [1.29, 1.82) is 0 Å². The lowest BCUT2D eigenvalue weighted by molar-refractivity contribution is 0.0827. The first kappa shape index (κ1) is 20.7. The van der Waals surface area contributed by atoms with Crippen molar-refractivity contribution < 1.29 is 9.21 Å². The Kier molecular flexibility index (Phi) is 5.77. The number of hydrogen-bond donors (Lipinski definition) is 1. The zero-order chi connectivity index (χ0) is 22.0. The maximum Gasteiger partial charge on any atom is 0.270 e. The van der Waals surface area contributed by atoms with Gasteiger partial charge in [0.15, 0.2) is 11.5 Å². The fraction of sp³-hybridized carbons (Fsp3) is 0.136. The second-order valence-electron chi connectivity index (χ2n) is 7.01. The highest BCUT2D eigenvalue weighted by Gasteiger charge is 2.17. The number of aromatic nitrogens is 4. The van der Waals surface area contributed by atoms with Gasteiger partial charge in [0.25, 0.3) is 11.8 Å². The molecule has 0 bridgehead atoms. The Hall–Kier alpha value is -3.59. The Morgan fingerprint density at radius 1 is 1.00 bits per heavy atom. The molecule has 4 aromatic rings. The highest BCUT2D eigenvalue weighted by molar-refractivity contribution is 9.08. The maximum atomic E-state index is 12.1. The van der Waals surface area contributed by atoms with Crippen molar-refractivity contribution in [3.05, 3.63) is 65.9 Å². The quantitative estimate of drug-likeness (QED) is 0.430. The van der Waals surface area contributed by atoms with Gasteiger partial charge in [0.1, 0.15) is 0 Å². The van der Waals surface area contributed by atoms with Gasteiger partial charge in [0, 0.05) is 36.1 Å². The summed E-state index contributed by atoms with van der Waals surface area (Å²) in [4.78, 5) is 22.4. The summed E-state index contributed by atoms with van der Waals surface area (Å²) in [5.41, 5.74) is 10.2. The van der Waals surface area contributed by atoms with E-state index >= 15 is 0 Å². The molecule has 0 fully saturated rings. The number of alkyl halides is 1. The van der Waals surface area contributed by atoms with E-state index in [1.165, 1.54) is 4.90 Å². The molecule has 2 N–H and O–H groups in total. The summed E-state index contributed by atoms with van der Waals surface area (Å²) in [6.07, 6.45) is 1.57. The van der Waals surface area contributed by atoms with Gasteiger partial charge in [-0.2, -0.15) is 0 Å². The van der Waals surface area contributed by atoms with Gasteiger partial charge in [-0.3, -0.25) is 4.79 Å². The first-order valence-electron chi connectivity index (χ1n) is 9.40. The van der Waals surface area contributed by atoms with E-state index in [9.17, 15) is 4.79 Å². The Morgan fingerprint density at radius 2 is 1.65 bits per heavy atom. The summed E-state index contributed by atoms with van der Waals surface area (Å²) < 4.78 is 5.81. The molecular formula is C22H19BrN6O2. The first-order valence-corrected chi connectivity index (χ1v) is 10.5. The normalized spacial score (nSPS) is 10.8. The summed E-state index contributed by atoms with van der Waals surface area (Å²) in [5, 5.41) is 8.98. The van der Waals surface area contributed by atoms with Crippen LogP contribution in [0.1, 0.15) is 15.9 Å². The number of anilines is 1. The van der Waals surface area contributed by atoms with Crippen LogP contribution in [-0.2, 0) is 5.33 Å². The Balaban J connectivity index is 1.64. The molecule has 0 saturated heterocycles. The molecule has 31 heavy (non-hydrogen) atoms. The Labute approximate surface area is 187 Å². The van der Waals surface area contributed by atoms with Crippen LogP contribution >= 0.6 is 15.9 Å². The zero-order valence-electron chi connectivity index (χ0n) is 16.9. The van der Waals surface area contributed by atoms with E-state index < -0.39 is 0 Å². The lowest BCUT2D eigenvalue weighted by Gasteiger charge is -2.10. The average molecular weight is 479 g/mol. The molecular weight excluding hydrogens is 460 g/mol. The van der Waals surface area contributed by atoms with Gasteiger partial charge in [0.05, 0.1) is 11.9 Å². The van der Waals surface area contributed by atoms with Crippen molar-refractivity contribution >= 4 is 27.7 Å². The molecule has 0 saturated carbocycles. The number of nitrogens with two attached hydrogens (primary N) is 1. The van der Waals surface area contributed by atoms with E-state index in [4.69, 9.17) is 10.2 Å². The molecule has 0 radical (unpaired) electrons. The average Bonchev–Trinajstić information content (AvgIpc) is 3.29. The van der Waals surface area contributed by atoms with Crippen LogP contribution in [0.2, 0.25) is 0 Å². The number of hydrogen-bond acceptors (Lipinski definition) is 7. The third-order valence-corrected chi connectivity index (χ3v) is 5.26. The number of nitrogens with zero attached hydrogens (tertiary/aromatic N) is 5. The van der Waals surface area contributed by atoms with Crippen molar-refractivity contribution in [3.63, 3.8) is 0 Å². The number of amides is 1. The van der Waals surface area contributed by atoms with Crippen LogP contribution in [0.25, 0.3) is 34.3 Å². The number of carbonyl (C=O) groups is 1. The topological polar surface area (TPSA) is 111 Å². The molecule has 0 aliphatic heterocycles. The molecule has 156 valence electrons. The molecule has 2 heterocycles. The van der Waals surface area contributed by atoms with Crippen molar-refractivity contribution in [2.24, 2.45) is 0 Å². The molecule has 0 aliphatic rings. The Bertz CT molecular complexity index is 1220. The summed E-state index contributed by atoms with van der Waals surface area (Å²) >= 11 is 3.42. The highest BCUT2D eigenvalue weighted by atomic mass is 79.9. The predicted molar refractivity (Wildman–Crippen MR) is 121 cm³/mol. The van der Waals surface area contributed by atoms with E-state index in [1.807, 2.05) is 36.4 Å². The van der Waals surface area contributed by atoms with Crippen molar-refractivity contribution in [2.75, 3.05) is 19.8 Å². The number of carbonyl (C=O) groups excluding carboxylic acids is 1. The van der Waals surface area contributed by atoms with Crippen molar-refractivity contribution in [3.8, 4) is 34.3 Å². The molecule has 2 aromatic carbocycles. The van der Waals surface area contributed by atoms with Gasteiger partial charge >= 0.3 is 0 Å². The van der Waals surface area contributed by atoms with E-state index in [-0.39, 0.29) is 17.6 Å². The first-order chi connectivity index (χ1) is 15.0. The minimum atomic E-state index is -0.0711. The molecule has 9 heteroatoms. The molecule has 0 atom stereocenters. The number of benzene rings is 2. The third kappa shape index (κ3) is 4.31. The molecule has 8 nitrogen and oxygen atoms in total. The van der Waals surface area contributed by atoms with Gasteiger partial charge in [0.2, 0.25) is 5.89 Å². The summed E-state index contributed by atoms with van der Waals surface area (Å²) in [6, 6.07) is 14.9. The second kappa shape index (κ2) is 8.65. The van der Waals surface area contributed by atoms with Crippen molar-refractivity contribution in [2.45, 2.75) is 5.33 Å². The van der Waals surface area contributed by atoms with Crippen LogP contribution in [0.15, 0.2) is 59.1 Å². The third-order valence-electron chi connectivity index (χ3n) is 4.62. The fourth-order valence-corrected chi connectivity index (χ4v) is 3.28. The predicted octanol–water partition coefficient (Wildman–Crippen LogP) is 4.04. The zero-order valence-corrected chi connectivity index (χ0v) is 18.5. The van der Waals surface area contributed by atoms with Crippen LogP contribution in [-0.4, -0.2) is 45.1 Å². The number of rotatable bonds is 5. The highest BCUT2D eigenvalue weighted by Crippen LogP contribution is 2.28. The SMILES string of the molecule is CN(C)C(=O)c1ccc(-c2cnc(N)c(-c3nnc(-c4ccc(CBr)cc4)o3)n2)cc1. The second-order valence-corrected chi connectivity index (χ2v) is 7.57. The monoisotopic (exact) mass is 478 g/mol. The molecule has 4 rings (SSSR count). The largest absolute Gasteiger partial charge is 0.414 e. The smallest absolute Gasteiger partial charge is 0.270 e. The molecule has 1 amide bonds. The number of nitrogen functional groups attached to an aromatic ring is 1. The molecule has 0 spiro atoms. The minimum Gasteiger partial charge on any atom is -0.414 e. The lowest BCUT2D eigenvalue weighted by atomic mass is 10.1. The van der Waals surface area contributed by atoms with Gasteiger partial charge < -0.3 is 15.1 Å². The van der Waals surface area contributed by atoms with E-state index in [0.29, 0.717) is 22.8 Å². The van der Waals surface area contributed by atoms with Crippen molar-refractivity contribution in [1.82, 2.24) is 25.1 Å². The molecule has 0 unspecified atom stereocenters. The fourth-order valence-electron chi connectivity index (χ4n) is 2.91. The summed E-state index contributed by atoms with van der Waals surface area (Å²) in [6.45, 7) is 0. The van der Waals surface area contributed by atoms with Gasteiger partial charge in [-0.25, -0.2) is 9.97 Å². The molecule has 2 aromatic heterocycles. The summed E-state index contributed by atoms with van der Waals surface area (Å²) in [7, 11) is 3.42. The van der Waals surface area contributed by atoms with Crippen LogP contribution in [0.3, 0.4) is 0 Å². The van der Waals surface area contributed by atoms with Gasteiger partial charge in [-0.1, -0.05) is 40.2 Å². The standard InChI is InChI=1S/C22H19BrN6O2/c1-29(2)22(30)16-9-7-14(8-10-16)17-12-25-19(24)18(26-17)21-28-27-20(31-21)15-5-3-13(11-23)4-6-15/h3-10,12H,11H2,1-2H3,(H2,24,25). The van der Waals surface area contributed by atoms with Crippen LogP contribution in [0.5, 0.6) is 0 Å². The minimum absolute atomic E-state index is 0.0711. The van der Waals surface area contributed by atoms with E-state index in [2.05, 4.69) is 36.1 Å². The lowest BCUT2D eigenvalue weighted by Crippen LogP contribution is -2.21. The van der Waals surface area contributed by atoms with E-state index in [0.717, 1.165) is 22.0 Å². The van der Waals surface area contributed by atoms with E-state index in [1.54, 1.807) is 32.4 Å². The number of halogens is 1. The Morgan fingerprint density at radius 3 is 2.29 bits per heavy atom. The van der Waals surface area contributed by atoms with Gasteiger partial charge in [-0.15, -0.1) is 10.2 Å². The summed E-state index contributed by atoms with van der Waals surface area (Å²) in [5.74, 6) is 0.672.